The molecular weight excluding hydrogens is 180 g/mol. The molecule has 0 aromatic carbocycles. The summed E-state index contributed by atoms with van der Waals surface area (Å²) in [6.45, 7) is 2.28. The summed E-state index contributed by atoms with van der Waals surface area (Å²) in [6.07, 6.45) is -2.86. The Kier molecular flexibility index (Phi) is 2.30. The van der Waals surface area contributed by atoms with Crippen molar-refractivity contribution in [2.45, 2.75) is 38.5 Å². The summed E-state index contributed by atoms with van der Waals surface area (Å²) in [6, 6.07) is 0. The van der Waals surface area contributed by atoms with Crippen LogP contribution >= 0.6 is 0 Å². The van der Waals surface area contributed by atoms with E-state index in [0.29, 0.717) is 0 Å². The summed E-state index contributed by atoms with van der Waals surface area (Å²) in [4.78, 5) is 0. The van der Waals surface area contributed by atoms with Gasteiger partial charge in [0.15, 0.2) is 0 Å². The van der Waals surface area contributed by atoms with Gasteiger partial charge in [-0.1, -0.05) is 32.4 Å². The highest BCUT2D eigenvalue weighted by atomic mass is 28.3. The first-order valence-electron chi connectivity index (χ1n) is 6.52. The highest BCUT2D eigenvalue weighted by Crippen LogP contribution is 2.09. The lowest BCUT2D eigenvalue weighted by atomic mass is 10.0. The number of aliphatic hydroxyl groups is 1. The molecule has 1 atom stereocenters. The van der Waals surface area contributed by atoms with Crippen LogP contribution in [0.4, 0.5) is 0 Å². The monoisotopic (exact) mass is 205 g/mol. The van der Waals surface area contributed by atoms with E-state index in [-0.39, 0.29) is 0 Å². The third kappa shape index (κ3) is 5.86. The van der Waals surface area contributed by atoms with E-state index in [4.69, 9.17) is 11.6 Å². The molecule has 0 spiro atoms. The molecule has 0 radical (unpaired) electrons. The maximum Gasteiger partial charge on any atom is 0.147 e. The van der Waals surface area contributed by atoms with Gasteiger partial charge in [0.2, 0.25) is 0 Å². The quantitative estimate of drug-likeness (QED) is 0.561. The predicted molar refractivity (Wildman–Crippen MR) is 58.2 cm³/mol. The zero-order valence-corrected chi connectivity index (χ0v) is 9.56. The minimum Gasteiger partial charge on any atom is -0.381 e. The van der Waals surface area contributed by atoms with Gasteiger partial charge >= 0.3 is 0 Å². The number of methoxy groups -OCH3 is 1. The van der Waals surface area contributed by atoms with E-state index in [1.54, 1.807) is 0 Å². The predicted octanol–water partition coefficient (Wildman–Crippen LogP) is 1.65. The fraction of sp³-hybridized carbons (Fsp3) is 0.800. The maximum atomic E-state index is 10.2. The summed E-state index contributed by atoms with van der Waals surface area (Å²) >= 11 is 0. The van der Waals surface area contributed by atoms with Crippen LogP contribution in [0.25, 0.3) is 0 Å². The van der Waals surface area contributed by atoms with Crippen LogP contribution in [0, 0.1) is 11.5 Å². The van der Waals surface area contributed by atoms with Crippen molar-refractivity contribution in [2.24, 2.45) is 0 Å². The van der Waals surface area contributed by atoms with E-state index < -0.39 is 33.5 Å². The minimum atomic E-state index is -2.98. The van der Waals surface area contributed by atoms with Gasteiger partial charge in [-0.25, -0.2) is 0 Å². The van der Waals surface area contributed by atoms with Crippen LogP contribution < -0.4 is 0 Å². The van der Waals surface area contributed by atoms with E-state index in [2.05, 4.69) is 11.5 Å². The molecule has 2 nitrogen and oxygen atoms in total. The van der Waals surface area contributed by atoms with Crippen LogP contribution in [0.1, 0.15) is 20.1 Å². The Morgan fingerprint density at radius 1 is 1.62 bits per heavy atom. The molecule has 0 aromatic heterocycles. The Bertz CT molecular complexity index is 350. The lowest BCUT2D eigenvalue weighted by Crippen LogP contribution is -2.32. The third-order valence-corrected chi connectivity index (χ3v) is 2.08. The van der Waals surface area contributed by atoms with Crippen LogP contribution in [-0.4, -0.2) is 32.5 Å². The number of ether oxygens (including phenoxy) is 1. The zero-order valence-electron chi connectivity index (χ0n) is 13.6. The second-order valence-electron chi connectivity index (χ2n) is 3.92. The first-order chi connectivity index (χ1) is 7.77. The van der Waals surface area contributed by atoms with Gasteiger partial charge in [-0.05, 0) is 6.37 Å². The summed E-state index contributed by atoms with van der Waals surface area (Å²) in [5.41, 5.74) is 0.454. The molecular formula is C10H20O2Si. The Morgan fingerprint density at radius 2 is 2.23 bits per heavy atom. The van der Waals surface area contributed by atoms with Gasteiger partial charge in [-0.3, -0.25) is 0 Å². The molecule has 0 aliphatic rings. The summed E-state index contributed by atoms with van der Waals surface area (Å²) < 4.78 is 41.6. The first kappa shape index (κ1) is 6.23. The number of hydrogen-bond donors (Lipinski definition) is 1. The van der Waals surface area contributed by atoms with E-state index in [1.165, 1.54) is 7.11 Å². The lowest BCUT2D eigenvalue weighted by Gasteiger charge is -2.19. The molecule has 0 aromatic rings. The lowest BCUT2D eigenvalue weighted by molar-refractivity contribution is 0.0111. The van der Waals surface area contributed by atoms with Gasteiger partial charge in [-0.2, -0.15) is 0 Å². The molecule has 76 valence electrons. The zero-order chi connectivity index (χ0) is 14.8. The molecule has 1 unspecified atom stereocenters. The molecule has 0 fully saturated rings. The Balaban J connectivity index is 5.59. The van der Waals surface area contributed by atoms with Crippen LogP contribution in [0.3, 0.4) is 0 Å². The highest BCUT2D eigenvalue weighted by Gasteiger charge is 2.22. The van der Waals surface area contributed by atoms with Crippen molar-refractivity contribution >= 4 is 8.07 Å². The smallest absolute Gasteiger partial charge is 0.147 e. The van der Waals surface area contributed by atoms with Crippen LogP contribution in [0.2, 0.25) is 19.6 Å². The molecule has 0 saturated carbocycles. The fourth-order valence-electron chi connectivity index (χ4n) is 0.603. The average molecular weight is 205 g/mol. The fourth-order valence-corrected chi connectivity index (χ4v) is 1.18. The van der Waals surface area contributed by atoms with E-state index in [1.807, 2.05) is 19.6 Å². The van der Waals surface area contributed by atoms with Crippen molar-refractivity contribution in [1.29, 1.82) is 0 Å². The topological polar surface area (TPSA) is 29.5 Å². The minimum absolute atomic E-state index is 0.490. The van der Waals surface area contributed by atoms with Crippen molar-refractivity contribution < 1.29 is 16.7 Å². The van der Waals surface area contributed by atoms with Gasteiger partial charge in [-0.15, -0.1) is 5.54 Å². The molecule has 0 aliphatic heterocycles. The summed E-state index contributed by atoms with van der Waals surface area (Å²) in [5, 5.41) is 10.2. The van der Waals surface area contributed by atoms with Crippen LogP contribution in [-0.2, 0) is 4.74 Å². The van der Waals surface area contributed by atoms with Gasteiger partial charge in [0.1, 0.15) is 13.7 Å². The second kappa shape index (κ2) is 4.80. The highest BCUT2D eigenvalue weighted by molar-refractivity contribution is 6.83. The van der Waals surface area contributed by atoms with Gasteiger partial charge < -0.3 is 9.84 Å². The van der Waals surface area contributed by atoms with Crippen LogP contribution in [0.5, 0.6) is 0 Å². The first-order valence-corrected chi connectivity index (χ1v) is 7.52. The van der Waals surface area contributed by atoms with Gasteiger partial charge in [0.05, 0.1) is 6.61 Å². The maximum absolute atomic E-state index is 10.2. The normalized spacial score (nSPS) is 23.6. The van der Waals surface area contributed by atoms with Crippen molar-refractivity contribution in [3.63, 3.8) is 0 Å². The van der Waals surface area contributed by atoms with Crippen LogP contribution in [0.15, 0.2) is 0 Å². The molecule has 0 aliphatic carbocycles. The van der Waals surface area contributed by atoms with Gasteiger partial charge in [0.25, 0.3) is 0 Å². The second-order valence-corrected chi connectivity index (χ2v) is 8.67. The standard InChI is InChI=1S/C10H20O2Si/c1-6-10(11,9-12-2)7-8-13(3,4)5/h11H,6,9H2,1-5H3/i1D3,6D2. The average Bonchev–Trinajstić information content (AvgIpc) is 2.12. The molecule has 0 rings (SSSR count). The SMILES string of the molecule is [2H]C([2H])([2H])C([2H])([2H])C(O)(C#C[Si](C)(C)C)COC. The molecule has 13 heavy (non-hydrogen) atoms. The van der Waals surface area contributed by atoms with E-state index in [9.17, 15) is 5.11 Å². The third-order valence-electron chi connectivity index (χ3n) is 1.20. The Morgan fingerprint density at radius 3 is 2.62 bits per heavy atom. The van der Waals surface area contributed by atoms with Crippen molar-refractivity contribution in [3.05, 3.63) is 0 Å². The molecule has 3 heteroatoms. The number of rotatable bonds is 3. The molecule has 0 amide bonds. The number of hydrogen-bond acceptors (Lipinski definition) is 2. The van der Waals surface area contributed by atoms with Crippen molar-refractivity contribution in [2.75, 3.05) is 13.7 Å². The summed E-state index contributed by atoms with van der Waals surface area (Å²) in [7, 11) is -0.600. The Hall–Kier alpha value is -0.303. The van der Waals surface area contributed by atoms with Gasteiger partial charge in [0, 0.05) is 14.0 Å². The molecule has 0 saturated heterocycles. The summed E-state index contributed by atoms with van der Waals surface area (Å²) in [5.74, 6) is 2.39. The molecule has 0 bridgehead atoms. The Labute approximate surface area is 89.3 Å². The molecule has 0 heterocycles. The molecule has 1 N–H and O–H groups in total. The largest absolute Gasteiger partial charge is 0.381 e. The van der Waals surface area contributed by atoms with E-state index in [0.717, 1.165) is 0 Å². The van der Waals surface area contributed by atoms with Crippen molar-refractivity contribution in [3.8, 4) is 11.5 Å². The van der Waals surface area contributed by atoms with Crippen molar-refractivity contribution in [1.82, 2.24) is 0 Å². The van der Waals surface area contributed by atoms with E-state index >= 15 is 0 Å².